The molecule has 1 heterocycles. The minimum absolute atomic E-state index is 0.998. The molecule has 0 saturated heterocycles. The standard InChI is InChI=1S/C19H15NS/c1-2-9-15(10-3-1)20-17-13-21-18-12-6-8-14-7-4-5-11-16(14)19(17)18/h1-12,20H,13H2. The molecule has 0 aromatic heterocycles. The molecular formula is C19H15NS. The van der Waals surface area contributed by atoms with Crippen molar-refractivity contribution in [2.45, 2.75) is 0 Å². The Hall–Kier alpha value is -2.19. The van der Waals surface area contributed by atoms with Crippen LogP contribution in [0.5, 0.6) is 0 Å². The Kier molecular flexibility index (Phi) is 3.17. The van der Waals surface area contributed by atoms with Gasteiger partial charge in [-0.2, -0.15) is 0 Å². The van der Waals surface area contributed by atoms with E-state index in [-0.39, 0.29) is 0 Å². The molecule has 0 spiro atoms. The van der Waals surface area contributed by atoms with Gasteiger partial charge in [0.1, 0.15) is 0 Å². The van der Waals surface area contributed by atoms with Gasteiger partial charge in [-0.25, -0.2) is 0 Å². The van der Waals surface area contributed by atoms with Crippen molar-refractivity contribution in [1.82, 2.24) is 0 Å². The summed E-state index contributed by atoms with van der Waals surface area (Å²) in [6, 6.07) is 19.0. The van der Waals surface area contributed by atoms with Crippen molar-refractivity contribution in [3.8, 4) is 0 Å². The van der Waals surface area contributed by atoms with Gasteiger partial charge in [0, 0.05) is 27.6 Å². The predicted octanol–water partition coefficient (Wildman–Crippen LogP) is 5.17. The summed E-state index contributed by atoms with van der Waals surface area (Å²) < 4.78 is 0. The van der Waals surface area contributed by atoms with Crippen LogP contribution in [0.1, 0.15) is 11.1 Å². The summed E-state index contributed by atoms with van der Waals surface area (Å²) in [4.78, 5) is 1.36. The Labute approximate surface area is 129 Å². The minimum atomic E-state index is 0.998. The molecule has 0 bridgehead atoms. The van der Waals surface area contributed by atoms with Crippen LogP contribution in [0.3, 0.4) is 0 Å². The quantitative estimate of drug-likeness (QED) is 0.818. The van der Waals surface area contributed by atoms with Crippen LogP contribution in [0.2, 0.25) is 0 Å². The van der Waals surface area contributed by atoms with Crippen molar-refractivity contribution in [1.29, 1.82) is 0 Å². The summed E-state index contributed by atoms with van der Waals surface area (Å²) in [5.41, 5.74) is 6.41. The van der Waals surface area contributed by atoms with Gasteiger partial charge in [-0.1, -0.05) is 54.6 Å². The zero-order valence-electron chi connectivity index (χ0n) is 11.5. The third-order valence-corrected chi connectivity index (χ3v) is 4.83. The number of para-hydroxylation sites is 1. The Bertz CT molecular complexity index is 769. The molecule has 0 amide bonds. The second-order valence-electron chi connectivity index (χ2n) is 5.11. The lowest BCUT2D eigenvalue weighted by Crippen LogP contribution is -2.02. The molecule has 0 atom stereocenters. The van der Waals surface area contributed by atoms with Crippen molar-refractivity contribution < 1.29 is 0 Å². The van der Waals surface area contributed by atoms with E-state index < -0.39 is 0 Å². The maximum absolute atomic E-state index is 3.60. The monoisotopic (exact) mass is 289 g/mol. The van der Waals surface area contributed by atoms with Crippen molar-refractivity contribution in [3.63, 3.8) is 0 Å². The lowest BCUT2D eigenvalue weighted by Gasteiger charge is -2.12. The van der Waals surface area contributed by atoms with Gasteiger partial charge < -0.3 is 5.32 Å². The second kappa shape index (κ2) is 5.30. The molecule has 2 aromatic carbocycles. The SMILES string of the molecule is C1=Cc2ccccc2C2=C(Nc3ccccc3)CSC2=C1. The van der Waals surface area contributed by atoms with Crippen LogP contribution in [-0.4, -0.2) is 5.75 Å². The van der Waals surface area contributed by atoms with Gasteiger partial charge in [0.05, 0.1) is 0 Å². The van der Waals surface area contributed by atoms with Crippen molar-refractivity contribution in [2.24, 2.45) is 0 Å². The third-order valence-electron chi connectivity index (χ3n) is 3.74. The van der Waals surface area contributed by atoms with Crippen LogP contribution >= 0.6 is 11.8 Å². The first-order valence-corrected chi connectivity index (χ1v) is 8.06. The van der Waals surface area contributed by atoms with Gasteiger partial charge in [0.15, 0.2) is 0 Å². The van der Waals surface area contributed by atoms with E-state index in [0.717, 1.165) is 11.4 Å². The predicted molar refractivity (Wildman–Crippen MR) is 93.0 cm³/mol. The summed E-state index contributed by atoms with van der Waals surface area (Å²) in [5, 5.41) is 3.60. The van der Waals surface area contributed by atoms with Crippen LogP contribution < -0.4 is 5.32 Å². The Morgan fingerprint density at radius 1 is 0.905 bits per heavy atom. The molecule has 0 radical (unpaired) electrons. The minimum Gasteiger partial charge on any atom is -0.358 e. The highest BCUT2D eigenvalue weighted by Crippen LogP contribution is 2.44. The molecule has 21 heavy (non-hydrogen) atoms. The molecule has 1 nitrogen and oxygen atoms in total. The Morgan fingerprint density at radius 2 is 1.71 bits per heavy atom. The third kappa shape index (κ3) is 2.32. The highest BCUT2D eigenvalue weighted by Gasteiger charge is 2.24. The number of thioether (sulfide) groups is 1. The largest absolute Gasteiger partial charge is 0.358 e. The molecule has 102 valence electrons. The zero-order valence-corrected chi connectivity index (χ0v) is 12.4. The number of fused-ring (bicyclic) bond motifs is 3. The molecule has 1 N–H and O–H groups in total. The highest BCUT2D eigenvalue weighted by molar-refractivity contribution is 8.04. The molecule has 0 unspecified atom stereocenters. The van der Waals surface area contributed by atoms with Gasteiger partial charge in [-0.3, -0.25) is 0 Å². The number of anilines is 1. The summed E-state index contributed by atoms with van der Waals surface area (Å²) in [6.07, 6.45) is 6.56. The molecule has 1 aliphatic heterocycles. The molecule has 2 aliphatic rings. The van der Waals surface area contributed by atoms with Crippen molar-refractivity contribution in [3.05, 3.63) is 88.5 Å². The fraction of sp³-hybridized carbons (Fsp3) is 0.0526. The first-order chi connectivity index (χ1) is 10.4. The van der Waals surface area contributed by atoms with E-state index in [0.29, 0.717) is 0 Å². The van der Waals surface area contributed by atoms with Crippen LogP contribution in [0.4, 0.5) is 5.69 Å². The maximum atomic E-state index is 3.60. The average Bonchev–Trinajstić information content (AvgIpc) is 2.82. The number of hydrogen-bond donors (Lipinski definition) is 1. The normalized spacial score (nSPS) is 16.1. The second-order valence-corrected chi connectivity index (χ2v) is 6.13. The van der Waals surface area contributed by atoms with E-state index >= 15 is 0 Å². The summed E-state index contributed by atoms with van der Waals surface area (Å²) in [7, 11) is 0. The van der Waals surface area contributed by atoms with Crippen LogP contribution in [0.25, 0.3) is 11.6 Å². The van der Waals surface area contributed by atoms with Gasteiger partial charge in [-0.05, 0) is 29.3 Å². The highest BCUT2D eigenvalue weighted by atomic mass is 32.2. The van der Waals surface area contributed by atoms with Gasteiger partial charge >= 0.3 is 0 Å². The zero-order chi connectivity index (χ0) is 14.1. The molecule has 2 heteroatoms. The van der Waals surface area contributed by atoms with Crippen molar-refractivity contribution >= 4 is 29.1 Å². The van der Waals surface area contributed by atoms with Crippen LogP contribution in [-0.2, 0) is 0 Å². The summed E-state index contributed by atoms with van der Waals surface area (Å²) in [5.74, 6) is 0.998. The van der Waals surface area contributed by atoms with E-state index in [2.05, 4.69) is 72.1 Å². The maximum Gasteiger partial charge on any atom is 0.0390 e. The average molecular weight is 289 g/mol. The topological polar surface area (TPSA) is 12.0 Å². The first-order valence-electron chi connectivity index (χ1n) is 7.08. The molecule has 0 saturated carbocycles. The number of allylic oxidation sites excluding steroid dienone is 3. The van der Waals surface area contributed by atoms with Crippen LogP contribution in [0.15, 0.2) is 77.4 Å². The van der Waals surface area contributed by atoms with Crippen molar-refractivity contribution in [2.75, 3.05) is 11.1 Å². The molecular weight excluding hydrogens is 274 g/mol. The fourth-order valence-electron chi connectivity index (χ4n) is 2.77. The molecule has 4 rings (SSSR count). The van der Waals surface area contributed by atoms with E-state index in [1.807, 2.05) is 17.8 Å². The number of benzene rings is 2. The van der Waals surface area contributed by atoms with Crippen LogP contribution in [0, 0.1) is 0 Å². The fourth-order valence-corrected chi connectivity index (χ4v) is 3.84. The van der Waals surface area contributed by atoms with Gasteiger partial charge in [0.2, 0.25) is 0 Å². The van der Waals surface area contributed by atoms with E-state index in [1.54, 1.807) is 0 Å². The van der Waals surface area contributed by atoms with E-state index in [1.165, 1.54) is 27.3 Å². The van der Waals surface area contributed by atoms with E-state index in [9.17, 15) is 0 Å². The first kappa shape index (κ1) is 12.5. The Morgan fingerprint density at radius 3 is 2.62 bits per heavy atom. The smallest absolute Gasteiger partial charge is 0.0390 e. The number of nitrogens with one attached hydrogen (secondary N) is 1. The van der Waals surface area contributed by atoms with E-state index in [4.69, 9.17) is 0 Å². The summed E-state index contributed by atoms with van der Waals surface area (Å²) >= 11 is 1.90. The molecule has 1 aliphatic carbocycles. The summed E-state index contributed by atoms with van der Waals surface area (Å²) in [6.45, 7) is 0. The molecule has 2 aromatic rings. The number of rotatable bonds is 2. The van der Waals surface area contributed by atoms with Gasteiger partial charge in [0.25, 0.3) is 0 Å². The lowest BCUT2D eigenvalue weighted by atomic mass is 9.99. The Balaban J connectivity index is 1.83. The van der Waals surface area contributed by atoms with Gasteiger partial charge in [-0.15, -0.1) is 11.8 Å². The lowest BCUT2D eigenvalue weighted by molar-refractivity contribution is 1.40. The molecule has 0 fully saturated rings. The number of hydrogen-bond acceptors (Lipinski definition) is 2.